The number of likely N-dealkylation sites (tertiary alicyclic amines) is 1. The molecule has 0 bridgehead atoms. The van der Waals surface area contributed by atoms with E-state index in [1.165, 1.54) is 7.11 Å². The lowest BCUT2D eigenvalue weighted by molar-refractivity contribution is -0.163. The van der Waals surface area contributed by atoms with Crippen molar-refractivity contribution in [2.24, 2.45) is 16.7 Å². The standard InChI is InChI=1S/C24H32N2O5S/c1-23(2)7-6-19-24(16-23,22(29)30-3)14-17(13-20(27)25-8-11-32-12-9-25)21(28)26(19)15-18-5-4-10-31-18/h4-6,10,17H,7-9,11-16H2,1-3H3/t17-,24-/m1/s1. The summed E-state index contributed by atoms with van der Waals surface area (Å²) < 4.78 is 10.8. The van der Waals surface area contributed by atoms with Crippen LogP contribution >= 0.6 is 11.8 Å². The van der Waals surface area contributed by atoms with Crippen LogP contribution in [0.1, 0.15) is 45.3 Å². The molecule has 3 aliphatic rings. The van der Waals surface area contributed by atoms with Gasteiger partial charge in [0.1, 0.15) is 11.2 Å². The van der Waals surface area contributed by atoms with Gasteiger partial charge < -0.3 is 19.0 Å². The second-order valence-electron chi connectivity index (χ2n) is 9.81. The van der Waals surface area contributed by atoms with E-state index in [2.05, 4.69) is 13.8 Å². The third-order valence-corrected chi connectivity index (χ3v) is 7.82. The lowest BCUT2D eigenvalue weighted by Gasteiger charge is -2.51. The Bertz CT molecular complexity index is 904. The van der Waals surface area contributed by atoms with Crippen molar-refractivity contribution in [1.82, 2.24) is 9.80 Å². The second kappa shape index (κ2) is 8.96. The summed E-state index contributed by atoms with van der Waals surface area (Å²) in [5.74, 6) is 1.45. The van der Waals surface area contributed by atoms with Crippen molar-refractivity contribution in [3.8, 4) is 0 Å². The number of carbonyl (C=O) groups excluding carboxylic acids is 3. The van der Waals surface area contributed by atoms with Crippen LogP contribution < -0.4 is 0 Å². The molecular weight excluding hydrogens is 428 g/mol. The highest BCUT2D eigenvalue weighted by Crippen LogP contribution is 2.55. The van der Waals surface area contributed by atoms with Gasteiger partial charge in [0.2, 0.25) is 11.8 Å². The summed E-state index contributed by atoms with van der Waals surface area (Å²) in [6.07, 6.45) is 5.34. The fraction of sp³-hybridized carbons (Fsp3) is 0.625. The Hall–Kier alpha value is -2.22. The average molecular weight is 461 g/mol. The summed E-state index contributed by atoms with van der Waals surface area (Å²) in [5.41, 5.74) is -0.365. The molecule has 1 aromatic rings. The van der Waals surface area contributed by atoms with E-state index < -0.39 is 11.3 Å². The number of carbonyl (C=O) groups is 3. The monoisotopic (exact) mass is 460 g/mol. The molecule has 0 aromatic carbocycles. The number of hydrogen-bond donors (Lipinski definition) is 0. The number of amides is 2. The molecule has 3 heterocycles. The molecule has 174 valence electrons. The van der Waals surface area contributed by atoms with Crippen LogP contribution in [-0.2, 0) is 25.7 Å². The number of allylic oxidation sites excluding steroid dienone is 1. The first kappa shape index (κ1) is 23.0. The number of hydrogen-bond acceptors (Lipinski definition) is 6. The van der Waals surface area contributed by atoms with Crippen LogP contribution in [0.25, 0.3) is 0 Å². The zero-order chi connectivity index (χ0) is 22.9. The first-order valence-electron chi connectivity index (χ1n) is 11.2. The van der Waals surface area contributed by atoms with Crippen molar-refractivity contribution >= 4 is 29.5 Å². The molecule has 1 aliphatic carbocycles. The molecular formula is C24H32N2O5S. The quantitative estimate of drug-likeness (QED) is 0.626. The zero-order valence-corrected chi connectivity index (χ0v) is 19.9. The Morgan fingerprint density at radius 3 is 2.69 bits per heavy atom. The number of ether oxygens (including phenoxy) is 1. The number of piperidine rings is 1. The summed E-state index contributed by atoms with van der Waals surface area (Å²) in [7, 11) is 1.40. The van der Waals surface area contributed by atoms with Crippen molar-refractivity contribution in [2.45, 2.75) is 46.1 Å². The number of furan rings is 1. The Morgan fingerprint density at radius 1 is 1.28 bits per heavy atom. The highest BCUT2D eigenvalue weighted by Gasteiger charge is 2.57. The van der Waals surface area contributed by atoms with Crippen molar-refractivity contribution in [2.75, 3.05) is 31.7 Å². The van der Waals surface area contributed by atoms with E-state index in [9.17, 15) is 14.4 Å². The summed E-state index contributed by atoms with van der Waals surface area (Å²) >= 11 is 1.84. The number of fused-ring (bicyclic) bond motifs is 1. The maximum Gasteiger partial charge on any atom is 0.317 e. The Balaban J connectivity index is 1.69. The largest absolute Gasteiger partial charge is 0.468 e. The first-order valence-corrected chi connectivity index (χ1v) is 12.4. The lowest BCUT2D eigenvalue weighted by atomic mass is 9.59. The van der Waals surface area contributed by atoms with Crippen molar-refractivity contribution < 1.29 is 23.5 Å². The molecule has 0 saturated carbocycles. The molecule has 0 radical (unpaired) electrons. The van der Waals surface area contributed by atoms with Crippen LogP contribution in [0, 0.1) is 16.7 Å². The maximum atomic E-state index is 13.7. The van der Waals surface area contributed by atoms with E-state index in [0.717, 1.165) is 17.9 Å². The number of nitrogens with zero attached hydrogens (tertiary/aromatic N) is 2. The number of esters is 1. The molecule has 2 aliphatic heterocycles. The summed E-state index contributed by atoms with van der Waals surface area (Å²) in [6, 6.07) is 3.60. The van der Waals surface area contributed by atoms with Gasteiger partial charge in [-0.2, -0.15) is 11.8 Å². The van der Waals surface area contributed by atoms with Gasteiger partial charge in [-0.1, -0.05) is 19.9 Å². The highest BCUT2D eigenvalue weighted by molar-refractivity contribution is 7.99. The molecule has 8 heteroatoms. The van der Waals surface area contributed by atoms with Gasteiger partial charge in [0, 0.05) is 42.6 Å². The zero-order valence-electron chi connectivity index (χ0n) is 19.1. The molecule has 0 spiro atoms. The molecule has 2 atom stereocenters. The molecule has 7 nitrogen and oxygen atoms in total. The molecule has 0 N–H and O–H groups in total. The highest BCUT2D eigenvalue weighted by atomic mass is 32.2. The fourth-order valence-corrected chi connectivity index (χ4v) is 6.33. The van der Waals surface area contributed by atoms with Crippen LogP contribution in [0.3, 0.4) is 0 Å². The maximum absolute atomic E-state index is 13.7. The van der Waals surface area contributed by atoms with Gasteiger partial charge in [0.25, 0.3) is 0 Å². The van der Waals surface area contributed by atoms with E-state index >= 15 is 0 Å². The van der Waals surface area contributed by atoms with E-state index in [-0.39, 0.29) is 36.2 Å². The van der Waals surface area contributed by atoms with E-state index in [1.54, 1.807) is 17.2 Å². The van der Waals surface area contributed by atoms with Gasteiger partial charge in [-0.25, -0.2) is 0 Å². The van der Waals surface area contributed by atoms with Crippen molar-refractivity contribution in [3.05, 3.63) is 35.9 Å². The van der Waals surface area contributed by atoms with Gasteiger partial charge in [-0.05, 0) is 36.8 Å². The van der Waals surface area contributed by atoms with Crippen molar-refractivity contribution in [1.29, 1.82) is 0 Å². The first-order chi connectivity index (χ1) is 15.3. The average Bonchev–Trinajstić information content (AvgIpc) is 3.29. The van der Waals surface area contributed by atoms with Crippen LogP contribution in [0.2, 0.25) is 0 Å². The Kier molecular flexibility index (Phi) is 6.43. The van der Waals surface area contributed by atoms with Gasteiger partial charge in [-0.3, -0.25) is 14.4 Å². The minimum atomic E-state index is -0.945. The normalized spacial score (nSPS) is 27.5. The molecule has 2 amide bonds. The van der Waals surface area contributed by atoms with Crippen LogP contribution in [-0.4, -0.2) is 59.3 Å². The number of thioether (sulfide) groups is 1. The summed E-state index contributed by atoms with van der Waals surface area (Å²) in [6.45, 7) is 5.91. The predicted octanol–water partition coefficient (Wildman–Crippen LogP) is 3.46. The number of rotatable bonds is 5. The lowest BCUT2D eigenvalue weighted by Crippen LogP contribution is -2.55. The Labute approximate surface area is 193 Å². The SMILES string of the molecule is COC(=O)[C@@]12C[C@@H](CC(=O)N3CCSCC3)C(=O)N(Cc3ccco3)C1=CCC(C)(C)C2. The fourth-order valence-electron chi connectivity index (χ4n) is 5.43. The van der Waals surface area contributed by atoms with Crippen LogP contribution in [0.4, 0.5) is 0 Å². The third-order valence-electron chi connectivity index (χ3n) is 6.87. The Morgan fingerprint density at radius 2 is 2.03 bits per heavy atom. The van der Waals surface area contributed by atoms with Gasteiger partial charge in [0.15, 0.2) is 0 Å². The van der Waals surface area contributed by atoms with E-state index in [0.29, 0.717) is 37.4 Å². The van der Waals surface area contributed by atoms with Crippen LogP contribution in [0.5, 0.6) is 0 Å². The molecule has 2 saturated heterocycles. The van der Waals surface area contributed by atoms with Gasteiger partial charge in [-0.15, -0.1) is 0 Å². The minimum absolute atomic E-state index is 0.0101. The smallest absolute Gasteiger partial charge is 0.317 e. The van der Waals surface area contributed by atoms with Crippen LogP contribution in [0.15, 0.2) is 34.6 Å². The van der Waals surface area contributed by atoms with Gasteiger partial charge >= 0.3 is 5.97 Å². The summed E-state index contributed by atoms with van der Waals surface area (Å²) in [4.78, 5) is 43.5. The second-order valence-corrected chi connectivity index (χ2v) is 11.0. The molecule has 4 rings (SSSR count). The predicted molar refractivity (Wildman–Crippen MR) is 121 cm³/mol. The third kappa shape index (κ3) is 4.34. The minimum Gasteiger partial charge on any atom is -0.468 e. The van der Waals surface area contributed by atoms with Gasteiger partial charge in [0.05, 0.1) is 19.9 Å². The van der Waals surface area contributed by atoms with E-state index in [1.807, 2.05) is 28.8 Å². The molecule has 1 aromatic heterocycles. The topological polar surface area (TPSA) is 80.1 Å². The number of methoxy groups -OCH3 is 1. The molecule has 0 unspecified atom stereocenters. The molecule has 32 heavy (non-hydrogen) atoms. The van der Waals surface area contributed by atoms with E-state index in [4.69, 9.17) is 9.15 Å². The van der Waals surface area contributed by atoms with Crippen molar-refractivity contribution in [3.63, 3.8) is 0 Å². The summed E-state index contributed by atoms with van der Waals surface area (Å²) in [5, 5.41) is 0. The molecule has 2 fully saturated rings.